The molecule has 0 radical (unpaired) electrons. The fourth-order valence-electron chi connectivity index (χ4n) is 4.52. The Hall–Kier alpha value is -1.01. The largest absolute Gasteiger partial charge is 0.396 e. The molecule has 0 rings (SSSR count). The van der Waals surface area contributed by atoms with E-state index in [0.717, 1.165) is 0 Å². The van der Waals surface area contributed by atoms with Gasteiger partial charge in [0.1, 0.15) is 5.78 Å². The number of carbonyl (C=O) groups is 1. The summed E-state index contributed by atoms with van der Waals surface area (Å²) in [7, 11) is 0. The highest BCUT2D eigenvalue weighted by Crippen LogP contribution is 2.05. The van der Waals surface area contributed by atoms with Crippen molar-refractivity contribution in [3.05, 3.63) is 0 Å². The Kier molecular flexibility index (Phi) is 45.8. The molecule has 0 amide bonds. The van der Waals surface area contributed by atoms with E-state index >= 15 is 0 Å². The number of aliphatic hydroxyl groups is 4. The van der Waals surface area contributed by atoms with E-state index in [9.17, 15) is 15.0 Å². The Morgan fingerprint density at radius 3 is 0.839 bits per heavy atom. The monoisotopic (exact) mass is 820 g/mol. The van der Waals surface area contributed by atoms with Crippen LogP contribution in [0.3, 0.4) is 0 Å². The zero-order chi connectivity index (χ0) is 40.8. The van der Waals surface area contributed by atoms with E-state index in [4.69, 9.17) is 67.1 Å². The molecule has 0 aliphatic carbocycles. The lowest BCUT2D eigenvalue weighted by atomic mass is 10.1. The number of ketones is 1. The van der Waals surface area contributed by atoms with Crippen LogP contribution in [0.4, 0.5) is 0 Å². The molecule has 18 nitrogen and oxygen atoms in total. The van der Waals surface area contributed by atoms with Gasteiger partial charge >= 0.3 is 0 Å². The van der Waals surface area contributed by atoms with Crippen LogP contribution in [0.25, 0.3) is 0 Å². The number of nitrogens with zero attached hydrogens (tertiary/aromatic N) is 1. The van der Waals surface area contributed by atoms with Gasteiger partial charge < -0.3 is 82.2 Å². The van der Waals surface area contributed by atoms with Crippen LogP contribution in [0.15, 0.2) is 0 Å². The van der Waals surface area contributed by atoms with Gasteiger partial charge in [0.2, 0.25) is 0 Å². The molecule has 18 heteroatoms. The quantitative estimate of drug-likeness (QED) is 0.0582. The molecule has 0 aliphatic heterocycles. The molecule has 0 aromatic heterocycles. The summed E-state index contributed by atoms with van der Waals surface area (Å²) >= 11 is 0. The van der Waals surface area contributed by atoms with Crippen molar-refractivity contribution in [3.8, 4) is 0 Å². The molecule has 0 bridgehead atoms. The molecule has 2 atom stereocenters. The molecular weight excluding hydrogens is 742 g/mol. The second kappa shape index (κ2) is 46.7. The van der Waals surface area contributed by atoms with Crippen LogP contribution in [-0.4, -0.2) is 235 Å². The van der Waals surface area contributed by atoms with Crippen LogP contribution in [0, 0.1) is 0 Å². The van der Waals surface area contributed by atoms with Crippen LogP contribution in [0.1, 0.15) is 39.0 Å². The van der Waals surface area contributed by atoms with Gasteiger partial charge in [0, 0.05) is 39.3 Å². The fourth-order valence-corrected chi connectivity index (χ4v) is 4.52. The smallest absolute Gasteiger partial charge is 0.132 e. The summed E-state index contributed by atoms with van der Waals surface area (Å²) in [5.74, 6) is 0.119. The number of ether oxygens (including phenoxy) is 12. The van der Waals surface area contributed by atoms with Gasteiger partial charge in [-0.15, -0.1) is 0 Å². The van der Waals surface area contributed by atoms with Gasteiger partial charge in [0.05, 0.1) is 171 Å². The van der Waals surface area contributed by atoms with Crippen molar-refractivity contribution in [2.24, 2.45) is 0 Å². The molecule has 0 aliphatic rings. The summed E-state index contributed by atoms with van der Waals surface area (Å²) in [5, 5.41) is 37.8. The number of aliphatic hydroxyl groups excluding tert-OH is 4. The predicted octanol–water partition coefficient (Wildman–Crippen LogP) is -0.266. The molecular formula is C38H77NO17. The van der Waals surface area contributed by atoms with E-state index in [1.54, 1.807) is 6.92 Å². The first-order chi connectivity index (χ1) is 27.5. The topological polar surface area (TPSA) is 212 Å². The molecule has 0 heterocycles. The molecule has 0 aromatic carbocycles. The molecule has 336 valence electrons. The molecule has 0 saturated carbocycles. The molecule has 4 N–H and O–H groups in total. The third kappa shape index (κ3) is 45.7. The Morgan fingerprint density at radius 1 is 0.375 bits per heavy atom. The summed E-state index contributed by atoms with van der Waals surface area (Å²) < 4.78 is 65.7. The molecule has 0 aromatic rings. The summed E-state index contributed by atoms with van der Waals surface area (Å²) in [6.07, 6.45) is 1.06. The Balaban J connectivity index is 3.31. The van der Waals surface area contributed by atoms with Crippen LogP contribution < -0.4 is 0 Å². The number of hydrogen-bond acceptors (Lipinski definition) is 18. The zero-order valence-corrected chi connectivity index (χ0v) is 34.2. The molecule has 0 saturated heterocycles. The fraction of sp³-hybridized carbons (Fsp3) is 0.974. The van der Waals surface area contributed by atoms with E-state index in [-0.39, 0.29) is 19.0 Å². The van der Waals surface area contributed by atoms with Crippen LogP contribution in [-0.2, 0) is 61.6 Å². The van der Waals surface area contributed by atoms with Gasteiger partial charge in [-0.05, 0) is 32.6 Å². The second-order valence-electron chi connectivity index (χ2n) is 12.6. The van der Waals surface area contributed by atoms with Gasteiger partial charge in [-0.2, -0.15) is 0 Å². The average molecular weight is 820 g/mol. The minimum absolute atomic E-state index is 0.0512. The van der Waals surface area contributed by atoms with Crippen molar-refractivity contribution >= 4 is 5.78 Å². The maximum absolute atomic E-state index is 10.8. The van der Waals surface area contributed by atoms with Gasteiger partial charge in [-0.3, -0.25) is 4.79 Å². The lowest BCUT2D eigenvalue weighted by Gasteiger charge is -2.24. The lowest BCUT2D eigenvalue weighted by Crippen LogP contribution is -2.33. The van der Waals surface area contributed by atoms with Gasteiger partial charge in [-0.25, -0.2) is 0 Å². The summed E-state index contributed by atoms with van der Waals surface area (Å²) in [6.45, 7) is 14.7. The van der Waals surface area contributed by atoms with E-state index in [2.05, 4.69) is 4.90 Å². The van der Waals surface area contributed by atoms with Crippen LogP contribution in [0.2, 0.25) is 0 Å². The number of Topliss-reactive ketones (excluding diaryl/α,β-unsaturated/α-hetero) is 1. The summed E-state index contributed by atoms with van der Waals surface area (Å²) in [6, 6.07) is 0. The van der Waals surface area contributed by atoms with Crippen molar-refractivity contribution in [3.63, 3.8) is 0 Å². The van der Waals surface area contributed by atoms with E-state index in [1.807, 2.05) is 0 Å². The normalized spacial score (nSPS) is 12.9. The van der Waals surface area contributed by atoms with Crippen molar-refractivity contribution in [2.75, 3.05) is 191 Å². The Morgan fingerprint density at radius 2 is 0.607 bits per heavy atom. The molecule has 2 unspecified atom stereocenters. The van der Waals surface area contributed by atoms with Crippen molar-refractivity contribution in [1.82, 2.24) is 4.90 Å². The predicted molar refractivity (Wildman–Crippen MR) is 206 cm³/mol. The second-order valence-corrected chi connectivity index (χ2v) is 12.6. The number of rotatable bonds is 49. The highest BCUT2D eigenvalue weighted by molar-refractivity contribution is 5.75. The molecule has 0 spiro atoms. The number of carbonyl (C=O) groups excluding carboxylic acids is 1. The van der Waals surface area contributed by atoms with E-state index in [1.165, 1.54) is 0 Å². The van der Waals surface area contributed by atoms with Crippen molar-refractivity contribution < 1.29 is 82.1 Å². The summed E-state index contributed by atoms with van der Waals surface area (Å²) in [4.78, 5) is 12.9. The average Bonchev–Trinajstić information content (AvgIpc) is 3.18. The highest BCUT2D eigenvalue weighted by atomic mass is 16.6. The lowest BCUT2D eigenvalue weighted by molar-refractivity contribution is -0.118. The standard InChI is InChI=1S/C38H77NO17/c1-36(42)6-12-45-14-16-47-18-20-49-22-24-51-26-28-53-30-32-55-34-35-56-33-31-54-29-27-52-25-23-50-21-19-48-17-15-46-13-9-39(7-2-37(43)4-10-40)8-3-38(44)5-11-41/h37-38,40-41,43-44H,2-35H2,1H3. The van der Waals surface area contributed by atoms with E-state index < -0.39 is 12.2 Å². The first kappa shape index (κ1) is 55.0. The molecule has 56 heavy (non-hydrogen) atoms. The highest BCUT2D eigenvalue weighted by Gasteiger charge is 2.12. The molecule has 0 fully saturated rings. The van der Waals surface area contributed by atoms with Crippen LogP contribution in [0.5, 0.6) is 0 Å². The Labute approximate surface area is 335 Å². The van der Waals surface area contributed by atoms with Gasteiger partial charge in [0.15, 0.2) is 0 Å². The van der Waals surface area contributed by atoms with E-state index in [0.29, 0.717) is 210 Å². The van der Waals surface area contributed by atoms with Crippen LogP contribution >= 0.6 is 0 Å². The maximum Gasteiger partial charge on any atom is 0.132 e. The van der Waals surface area contributed by atoms with Crippen molar-refractivity contribution in [1.29, 1.82) is 0 Å². The Bertz CT molecular complexity index is 760. The third-order valence-corrected chi connectivity index (χ3v) is 7.72. The minimum Gasteiger partial charge on any atom is -0.396 e. The SMILES string of the molecule is CC(=O)CCOCCOCCOCCOCCOCCOCCOCCOCCOCCOCCOCCOCCN(CCC(O)CCO)CCC(O)CCO. The third-order valence-electron chi connectivity index (χ3n) is 7.72. The minimum atomic E-state index is -0.561. The number of hydrogen-bond donors (Lipinski definition) is 4. The maximum atomic E-state index is 10.8. The zero-order valence-electron chi connectivity index (χ0n) is 34.2. The summed E-state index contributed by atoms with van der Waals surface area (Å²) in [5.41, 5.74) is 0. The van der Waals surface area contributed by atoms with Gasteiger partial charge in [0.25, 0.3) is 0 Å². The van der Waals surface area contributed by atoms with Gasteiger partial charge in [-0.1, -0.05) is 0 Å². The first-order valence-electron chi connectivity index (χ1n) is 20.2. The first-order valence-corrected chi connectivity index (χ1v) is 20.2. The van der Waals surface area contributed by atoms with Crippen molar-refractivity contribution in [2.45, 2.75) is 51.2 Å².